The standard InChI is InChI=1S/C10H16N2O.C2H6/c1-3-7-4-5-8-6-12(2)11-9(8)10(7)13;1-2/h6-7,10,13H,3-5H2,1-2H3;1-2H3. The minimum absolute atomic E-state index is 0.338. The molecular formula is C12H22N2O. The fraction of sp³-hybridized carbons (Fsp3) is 0.750. The van der Waals surface area contributed by atoms with Gasteiger partial charge in [-0.3, -0.25) is 4.68 Å². The zero-order valence-corrected chi connectivity index (χ0v) is 10.2. The number of hydrogen-bond acceptors (Lipinski definition) is 2. The first-order chi connectivity index (χ1) is 7.22. The summed E-state index contributed by atoms with van der Waals surface area (Å²) < 4.78 is 1.80. The predicted octanol–water partition coefficient (Wildman–Crippen LogP) is 2.45. The van der Waals surface area contributed by atoms with Crippen LogP contribution in [0, 0.1) is 5.92 Å². The lowest BCUT2D eigenvalue weighted by molar-refractivity contribution is 0.0871. The minimum Gasteiger partial charge on any atom is -0.386 e. The summed E-state index contributed by atoms with van der Waals surface area (Å²) in [5.74, 6) is 0.405. The fourth-order valence-electron chi connectivity index (χ4n) is 2.15. The van der Waals surface area contributed by atoms with E-state index in [1.54, 1.807) is 4.68 Å². The fourth-order valence-corrected chi connectivity index (χ4v) is 2.15. The summed E-state index contributed by atoms with van der Waals surface area (Å²) in [6.45, 7) is 6.13. The molecule has 3 heteroatoms. The maximum atomic E-state index is 9.96. The molecule has 1 aliphatic rings. The second-order valence-corrected chi connectivity index (χ2v) is 3.87. The number of nitrogens with zero attached hydrogens (tertiary/aromatic N) is 2. The van der Waals surface area contributed by atoms with Crippen molar-refractivity contribution in [2.24, 2.45) is 13.0 Å². The molecule has 1 N–H and O–H groups in total. The number of fused-ring (bicyclic) bond motifs is 1. The first-order valence-electron chi connectivity index (χ1n) is 5.93. The summed E-state index contributed by atoms with van der Waals surface area (Å²) in [5, 5.41) is 14.3. The molecule has 0 aliphatic heterocycles. The van der Waals surface area contributed by atoms with E-state index in [4.69, 9.17) is 0 Å². The first kappa shape index (κ1) is 12.2. The van der Waals surface area contributed by atoms with Gasteiger partial charge in [0.1, 0.15) is 6.10 Å². The first-order valence-corrected chi connectivity index (χ1v) is 5.93. The van der Waals surface area contributed by atoms with Crippen LogP contribution in [0.3, 0.4) is 0 Å². The SMILES string of the molecule is CC.CCC1CCc2cn(C)nc2C1O. The summed E-state index contributed by atoms with van der Waals surface area (Å²) >= 11 is 0. The summed E-state index contributed by atoms with van der Waals surface area (Å²) in [6.07, 6.45) is 4.88. The van der Waals surface area contributed by atoms with Crippen LogP contribution in [0.25, 0.3) is 0 Å². The molecule has 0 spiro atoms. The highest BCUT2D eigenvalue weighted by molar-refractivity contribution is 5.23. The Labute approximate surface area is 92.1 Å². The van der Waals surface area contributed by atoms with Crippen LogP contribution in [-0.4, -0.2) is 14.9 Å². The molecule has 2 rings (SSSR count). The van der Waals surface area contributed by atoms with Crippen molar-refractivity contribution in [1.29, 1.82) is 0 Å². The Balaban J connectivity index is 0.000000531. The third kappa shape index (κ3) is 2.40. The van der Waals surface area contributed by atoms with E-state index in [1.807, 2.05) is 27.1 Å². The van der Waals surface area contributed by atoms with Crippen molar-refractivity contribution in [3.05, 3.63) is 17.5 Å². The Morgan fingerprint density at radius 3 is 2.80 bits per heavy atom. The van der Waals surface area contributed by atoms with E-state index in [2.05, 4.69) is 12.0 Å². The van der Waals surface area contributed by atoms with Crippen molar-refractivity contribution >= 4 is 0 Å². The van der Waals surface area contributed by atoms with Crippen molar-refractivity contribution < 1.29 is 5.11 Å². The van der Waals surface area contributed by atoms with Gasteiger partial charge in [-0.25, -0.2) is 0 Å². The van der Waals surface area contributed by atoms with Crippen molar-refractivity contribution in [2.75, 3.05) is 0 Å². The predicted molar refractivity (Wildman–Crippen MR) is 61.6 cm³/mol. The lowest BCUT2D eigenvalue weighted by atomic mass is 9.84. The van der Waals surface area contributed by atoms with Crippen LogP contribution >= 0.6 is 0 Å². The normalized spacial score (nSPS) is 24.1. The summed E-state index contributed by atoms with van der Waals surface area (Å²) in [4.78, 5) is 0. The highest BCUT2D eigenvalue weighted by Gasteiger charge is 2.28. The molecule has 1 aromatic rings. The molecule has 0 amide bonds. The van der Waals surface area contributed by atoms with Crippen LogP contribution in [0.5, 0.6) is 0 Å². The topological polar surface area (TPSA) is 38.0 Å². The van der Waals surface area contributed by atoms with E-state index < -0.39 is 0 Å². The van der Waals surface area contributed by atoms with E-state index in [0.717, 1.165) is 25.0 Å². The van der Waals surface area contributed by atoms with E-state index in [1.165, 1.54) is 5.56 Å². The van der Waals surface area contributed by atoms with Crippen LogP contribution in [0.15, 0.2) is 6.20 Å². The van der Waals surface area contributed by atoms with Gasteiger partial charge in [-0.2, -0.15) is 5.10 Å². The van der Waals surface area contributed by atoms with Gasteiger partial charge in [0.05, 0.1) is 5.69 Å². The van der Waals surface area contributed by atoms with Gasteiger partial charge < -0.3 is 5.11 Å². The number of aliphatic hydroxyl groups excluding tert-OH is 1. The zero-order valence-electron chi connectivity index (χ0n) is 10.2. The third-order valence-electron chi connectivity index (χ3n) is 2.97. The summed E-state index contributed by atoms with van der Waals surface area (Å²) in [6, 6.07) is 0. The molecule has 2 unspecified atom stereocenters. The maximum Gasteiger partial charge on any atom is 0.101 e. The van der Waals surface area contributed by atoms with Gasteiger partial charge in [0, 0.05) is 13.2 Å². The highest BCUT2D eigenvalue weighted by atomic mass is 16.3. The molecule has 0 saturated carbocycles. The van der Waals surface area contributed by atoms with Gasteiger partial charge in [-0.15, -0.1) is 0 Å². The molecule has 15 heavy (non-hydrogen) atoms. The van der Waals surface area contributed by atoms with E-state index in [9.17, 15) is 5.11 Å². The van der Waals surface area contributed by atoms with Crippen LogP contribution in [-0.2, 0) is 13.5 Å². The number of rotatable bonds is 1. The lowest BCUT2D eigenvalue weighted by Gasteiger charge is -2.25. The molecule has 0 fully saturated rings. The molecule has 3 nitrogen and oxygen atoms in total. The smallest absolute Gasteiger partial charge is 0.101 e. The minimum atomic E-state index is -0.338. The molecule has 0 radical (unpaired) electrons. The Morgan fingerprint density at radius 1 is 1.53 bits per heavy atom. The van der Waals surface area contributed by atoms with Crippen LogP contribution in [0.4, 0.5) is 0 Å². The van der Waals surface area contributed by atoms with Crippen molar-refractivity contribution in [2.45, 2.75) is 46.1 Å². The molecular weight excluding hydrogens is 188 g/mol. The largest absolute Gasteiger partial charge is 0.386 e. The molecule has 0 bridgehead atoms. The number of aryl methyl sites for hydroxylation is 2. The Morgan fingerprint density at radius 2 is 2.20 bits per heavy atom. The Bertz CT molecular complexity index is 307. The summed E-state index contributed by atoms with van der Waals surface area (Å²) in [5.41, 5.74) is 2.13. The number of hydrogen-bond donors (Lipinski definition) is 1. The maximum absolute atomic E-state index is 9.96. The molecule has 1 aromatic heterocycles. The van der Waals surface area contributed by atoms with Crippen molar-refractivity contribution in [3.63, 3.8) is 0 Å². The van der Waals surface area contributed by atoms with Gasteiger partial charge in [-0.05, 0) is 24.3 Å². The van der Waals surface area contributed by atoms with Gasteiger partial charge in [0.2, 0.25) is 0 Å². The van der Waals surface area contributed by atoms with Crippen LogP contribution < -0.4 is 0 Å². The molecule has 0 saturated heterocycles. The monoisotopic (exact) mass is 210 g/mol. The highest BCUT2D eigenvalue weighted by Crippen LogP contribution is 2.34. The molecule has 1 heterocycles. The number of aliphatic hydroxyl groups is 1. The summed E-state index contributed by atoms with van der Waals surface area (Å²) in [7, 11) is 1.91. The van der Waals surface area contributed by atoms with E-state index >= 15 is 0 Å². The van der Waals surface area contributed by atoms with Gasteiger partial charge in [0.15, 0.2) is 0 Å². The average molecular weight is 210 g/mol. The third-order valence-corrected chi connectivity index (χ3v) is 2.97. The van der Waals surface area contributed by atoms with Crippen LogP contribution in [0.2, 0.25) is 0 Å². The Hall–Kier alpha value is -0.830. The molecule has 2 atom stereocenters. The average Bonchev–Trinajstić information content (AvgIpc) is 2.63. The molecule has 1 aliphatic carbocycles. The second-order valence-electron chi connectivity index (χ2n) is 3.87. The second kappa shape index (κ2) is 5.31. The van der Waals surface area contributed by atoms with E-state index in [-0.39, 0.29) is 6.10 Å². The van der Waals surface area contributed by atoms with Crippen molar-refractivity contribution in [1.82, 2.24) is 9.78 Å². The van der Waals surface area contributed by atoms with Crippen LogP contribution in [0.1, 0.15) is 51.0 Å². The van der Waals surface area contributed by atoms with Gasteiger partial charge in [-0.1, -0.05) is 27.2 Å². The quantitative estimate of drug-likeness (QED) is 0.773. The molecule has 86 valence electrons. The molecule has 0 aromatic carbocycles. The van der Waals surface area contributed by atoms with E-state index in [0.29, 0.717) is 5.92 Å². The zero-order chi connectivity index (χ0) is 11.4. The lowest BCUT2D eigenvalue weighted by Crippen LogP contribution is -2.19. The Kier molecular flexibility index (Phi) is 4.33. The van der Waals surface area contributed by atoms with Gasteiger partial charge in [0.25, 0.3) is 0 Å². The van der Waals surface area contributed by atoms with Gasteiger partial charge >= 0.3 is 0 Å². The number of aromatic nitrogens is 2. The van der Waals surface area contributed by atoms with Crippen molar-refractivity contribution in [3.8, 4) is 0 Å².